The molecular weight excluding hydrogens is 265 g/mol. The average molecular weight is 291 g/mol. The van der Waals surface area contributed by atoms with Crippen LogP contribution in [0.25, 0.3) is 0 Å². The second-order valence-electron chi connectivity index (χ2n) is 6.69. The lowest BCUT2D eigenvalue weighted by molar-refractivity contribution is 0.371. The molecule has 1 atom stereocenters. The molecule has 1 aromatic carbocycles. The molecule has 1 aliphatic heterocycles. The number of rotatable bonds is 6. The van der Waals surface area contributed by atoms with Crippen molar-refractivity contribution in [2.45, 2.75) is 44.3 Å². The van der Waals surface area contributed by atoms with Crippen molar-refractivity contribution in [2.24, 2.45) is 0 Å². The molecule has 21 heavy (non-hydrogen) atoms. The smallest absolute Gasteiger partial charge is 0.146 e. The summed E-state index contributed by atoms with van der Waals surface area (Å²) in [5, 5.41) is 3.44. The largest absolute Gasteiger partial charge is 0.365 e. The van der Waals surface area contributed by atoms with Gasteiger partial charge in [0.2, 0.25) is 0 Å². The number of benzene rings is 1. The first kappa shape index (κ1) is 14.8. The topological polar surface area (TPSA) is 18.5 Å². The summed E-state index contributed by atoms with van der Waals surface area (Å²) in [6.07, 6.45) is 4.84. The highest BCUT2D eigenvalue weighted by Crippen LogP contribution is 2.29. The van der Waals surface area contributed by atoms with Gasteiger partial charge < -0.3 is 15.1 Å². The molecule has 4 heteroatoms. The Kier molecular flexibility index (Phi) is 4.45. The summed E-state index contributed by atoms with van der Waals surface area (Å²) in [5.41, 5.74) is 1.82. The molecule has 3 rings (SSSR count). The van der Waals surface area contributed by atoms with Crippen LogP contribution in [0, 0.1) is 5.82 Å². The lowest BCUT2D eigenvalue weighted by atomic mass is 10.1. The van der Waals surface area contributed by atoms with Gasteiger partial charge in [0.15, 0.2) is 0 Å². The summed E-state index contributed by atoms with van der Waals surface area (Å²) in [6.45, 7) is 2.74. The summed E-state index contributed by atoms with van der Waals surface area (Å²) < 4.78 is 14.5. The lowest BCUT2D eigenvalue weighted by Crippen LogP contribution is -2.38. The Hall–Kier alpha value is -1.13. The number of hydrogen-bond acceptors (Lipinski definition) is 3. The molecule has 2 fully saturated rings. The Morgan fingerprint density at radius 2 is 2.10 bits per heavy atom. The van der Waals surface area contributed by atoms with Crippen LogP contribution < -0.4 is 10.2 Å². The number of nitrogens with one attached hydrogen (secondary N) is 1. The third kappa shape index (κ3) is 3.74. The Morgan fingerprint density at radius 1 is 1.29 bits per heavy atom. The van der Waals surface area contributed by atoms with Gasteiger partial charge in [0.25, 0.3) is 0 Å². The summed E-state index contributed by atoms with van der Waals surface area (Å²) in [7, 11) is 4.17. The van der Waals surface area contributed by atoms with Gasteiger partial charge in [0, 0.05) is 31.7 Å². The highest BCUT2D eigenvalue weighted by Gasteiger charge is 2.27. The second-order valence-corrected chi connectivity index (χ2v) is 6.69. The van der Waals surface area contributed by atoms with E-state index in [4.69, 9.17) is 0 Å². The van der Waals surface area contributed by atoms with Crippen LogP contribution in [0.5, 0.6) is 0 Å². The first-order valence-corrected chi connectivity index (χ1v) is 8.06. The van der Waals surface area contributed by atoms with E-state index >= 15 is 0 Å². The van der Waals surface area contributed by atoms with Crippen LogP contribution >= 0.6 is 0 Å². The molecule has 2 aliphatic rings. The van der Waals surface area contributed by atoms with E-state index in [0.29, 0.717) is 12.1 Å². The van der Waals surface area contributed by atoms with E-state index in [1.807, 2.05) is 6.07 Å². The molecule has 0 radical (unpaired) electrons. The number of hydrogen-bond donors (Lipinski definition) is 1. The van der Waals surface area contributed by atoms with Gasteiger partial charge in [-0.25, -0.2) is 4.39 Å². The molecule has 1 aliphatic carbocycles. The van der Waals surface area contributed by atoms with Crippen molar-refractivity contribution in [3.8, 4) is 0 Å². The van der Waals surface area contributed by atoms with Crippen LogP contribution in [0.3, 0.4) is 0 Å². The Bertz CT molecular complexity index is 485. The van der Waals surface area contributed by atoms with Gasteiger partial charge in [0.05, 0.1) is 5.69 Å². The van der Waals surface area contributed by atoms with Crippen LogP contribution in [0.4, 0.5) is 10.1 Å². The first-order valence-electron chi connectivity index (χ1n) is 8.06. The highest BCUT2D eigenvalue weighted by atomic mass is 19.1. The molecule has 1 saturated carbocycles. The monoisotopic (exact) mass is 291 g/mol. The maximum absolute atomic E-state index is 14.5. The molecule has 116 valence electrons. The van der Waals surface area contributed by atoms with Crippen LogP contribution in [0.2, 0.25) is 0 Å². The van der Waals surface area contributed by atoms with Gasteiger partial charge in [-0.2, -0.15) is 0 Å². The van der Waals surface area contributed by atoms with Crippen LogP contribution in [0.15, 0.2) is 18.2 Å². The van der Waals surface area contributed by atoms with Crippen molar-refractivity contribution in [1.82, 2.24) is 10.2 Å². The molecule has 0 aromatic heterocycles. The van der Waals surface area contributed by atoms with E-state index in [9.17, 15) is 4.39 Å². The molecule has 1 heterocycles. The number of anilines is 1. The predicted octanol–water partition coefficient (Wildman–Crippen LogP) is 2.61. The number of halogens is 1. The van der Waals surface area contributed by atoms with Gasteiger partial charge >= 0.3 is 0 Å². The minimum atomic E-state index is -0.0734. The van der Waals surface area contributed by atoms with Crippen molar-refractivity contribution in [3.63, 3.8) is 0 Å². The Morgan fingerprint density at radius 3 is 2.76 bits per heavy atom. The molecule has 1 aromatic rings. The van der Waals surface area contributed by atoms with Gasteiger partial charge in [0.1, 0.15) is 5.82 Å². The minimum Gasteiger partial charge on any atom is -0.365 e. The average Bonchev–Trinajstić information content (AvgIpc) is 3.16. The lowest BCUT2D eigenvalue weighted by Gasteiger charge is -2.29. The fourth-order valence-corrected chi connectivity index (χ4v) is 3.21. The summed E-state index contributed by atoms with van der Waals surface area (Å²) >= 11 is 0. The summed E-state index contributed by atoms with van der Waals surface area (Å²) in [4.78, 5) is 4.43. The van der Waals surface area contributed by atoms with Crippen LogP contribution in [0.1, 0.15) is 31.2 Å². The number of likely N-dealkylation sites (N-methyl/N-ethyl adjacent to an activating group) is 1. The summed E-state index contributed by atoms with van der Waals surface area (Å²) in [6, 6.07) is 6.84. The van der Waals surface area contributed by atoms with Gasteiger partial charge in [-0.3, -0.25) is 0 Å². The van der Waals surface area contributed by atoms with Crippen LogP contribution in [-0.4, -0.2) is 44.2 Å². The molecule has 0 amide bonds. The molecule has 1 N–H and O–H groups in total. The van der Waals surface area contributed by atoms with E-state index in [-0.39, 0.29) is 5.82 Å². The fraction of sp³-hybridized carbons (Fsp3) is 0.647. The predicted molar refractivity (Wildman–Crippen MR) is 85.2 cm³/mol. The maximum Gasteiger partial charge on any atom is 0.146 e. The van der Waals surface area contributed by atoms with E-state index in [1.165, 1.54) is 12.8 Å². The van der Waals surface area contributed by atoms with Gasteiger partial charge in [-0.05, 0) is 57.5 Å². The fourth-order valence-electron chi connectivity index (χ4n) is 3.21. The standard InChI is InChI=1S/C17H26FN3/c1-20(2)12-15-4-3-9-21(15)17-8-5-13(10-16(17)18)11-19-14-6-7-14/h5,8,10,14-15,19H,3-4,6-7,9,11-12H2,1-2H3. The van der Waals surface area contributed by atoms with E-state index < -0.39 is 0 Å². The zero-order chi connectivity index (χ0) is 14.8. The molecule has 1 unspecified atom stereocenters. The van der Waals surface area contributed by atoms with E-state index in [2.05, 4.69) is 35.3 Å². The third-order valence-electron chi connectivity index (χ3n) is 4.45. The Balaban J connectivity index is 1.68. The molecule has 0 bridgehead atoms. The molecule has 3 nitrogen and oxygen atoms in total. The molecular formula is C17H26FN3. The van der Waals surface area contributed by atoms with Crippen molar-refractivity contribution < 1.29 is 4.39 Å². The maximum atomic E-state index is 14.5. The normalized spacial score (nSPS) is 22.3. The SMILES string of the molecule is CN(C)CC1CCCN1c1ccc(CNC2CC2)cc1F. The van der Waals surface area contributed by atoms with E-state index in [0.717, 1.165) is 43.7 Å². The van der Waals surface area contributed by atoms with Crippen molar-refractivity contribution in [3.05, 3.63) is 29.6 Å². The zero-order valence-electron chi connectivity index (χ0n) is 13.1. The Labute approximate surface area is 127 Å². The highest BCUT2D eigenvalue weighted by molar-refractivity contribution is 5.51. The van der Waals surface area contributed by atoms with Crippen LogP contribution in [-0.2, 0) is 6.54 Å². The third-order valence-corrected chi connectivity index (χ3v) is 4.45. The quantitative estimate of drug-likeness (QED) is 0.869. The van der Waals surface area contributed by atoms with Gasteiger partial charge in [-0.1, -0.05) is 6.07 Å². The van der Waals surface area contributed by atoms with E-state index in [1.54, 1.807) is 6.07 Å². The van der Waals surface area contributed by atoms with Crippen molar-refractivity contribution in [2.75, 3.05) is 32.1 Å². The first-order chi connectivity index (χ1) is 10.1. The molecule has 0 spiro atoms. The second kappa shape index (κ2) is 6.32. The zero-order valence-corrected chi connectivity index (χ0v) is 13.1. The minimum absolute atomic E-state index is 0.0734. The summed E-state index contributed by atoms with van der Waals surface area (Å²) in [5.74, 6) is -0.0734. The van der Waals surface area contributed by atoms with Crippen molar-refractivity contribution in [1.29, 1.82) is 0 Å². The molecule has 1 saturated heterocycles. The van der Waals surface area contributed by atoms with Crippen molar-refractivity contribution >= 4 is 5.69 Å². The van der Waals surface area contributed by atoms with Gasteiger partial charge in [-0.15, -0.1) is 0 Å². The number of nitrogens with zero attached hydrogens (tertiary/aromatic N) is 2.